The predicted molar refractivity (Wildman–Crippen MR) is 147 cm³/mol. The van der Waals surface area contributed by atoms with Crippen LogP contribution in [0, 0.1) is 34.3 Å². The fraction of sp³-hybridized carbons (Fsp3) is 0.957. The lowest BCUT2D eigenvalue weighted by molar-refractivity contribution is -0.354. The maximum atomic E-state index is 13.6. The number of alkyl halides is 26. The number of hydrogen-bond donors (Lipinski definition) is 0. The van der Waals surface area contributed by atoms with E-state index in [4.69, 9.17) is 5.26 Å². The van der Waals surface area contributed by atoms with Crippen molar-refractivity contribution >= 4 is 53.2 Å². The highest BCUT2D eigenvalue weighted by Gasteiger charge is 2.75. The Balaban J connectivity index is -0.000000981. The third-order valence-corrected chi connectivity index (χ3v) is 8.94. The molecule has 0 aliphatic heterocycles. The number of nitrogens with zero attached hydrogens (tertiary/aromatic N) is 1. The van der Waals surface area contributed by atoms with Gasteiger partial charge in [-0.05, 0) is 37.4 Å². The lowest BCUT2D eigenvalue weighted by atomic mass is 9.83. The van der Waals surface area contributed by atoms with Crippen LogP contribution < -0.4 is 0 Å². The Morgan fingerprint density at radius 1 is 0.474 bits per heavy atom. The van der Waals surface area contributed by atoms with E-state index in [9.17, 15) is 123 Å². The second-order valence-corrected chi connectivity index (χ2v) is 15.0. The van der Waals surface area contributed by atoms with Crippen molar-refractivity contribution in [2.75, 3.05) is 11.5 Å². The molecule has 4 unspecified atom stereocenters. The third-order valence-electron chi connectivity index (χ3n) is 7.19. The highest BCUT2D eigenvalue weighted by atomic mass is 36.5. The molecule has 57 heavy (non-hydrogen) atoms. The molecule has 0 saturated carbocycles. The molecular formula is C23H20Cl3F26NO2S2. The van der Waals surface area contributed by atoms with Gasteiger partial charge in [-0.1, -0.05) is 0 Å². The molecule has 0 rings (SSSR count). The molecule has 0 bridgehead atoms. The molecule has 0 spiro atoms. The van der Waals surface area contributed by atoms with E-state index in [2.05, 4.69) is 32.4 Å². The fourth-order valence-electron chi connectivity index (χ4n) is 4.18. The van der Waals surface area contributed by atoms with Crippen molar-refractivity contribution in [3.05, 3.63) is 0 Å². The lowest BCUT2D eigenvalue weighted by Crippen LogP contribution is -2.55. The van der Waals surface area contributed by atoms with Crippen LogP contribution in [0.4, 0.5) is 114 Å². The number of thiocyanates is 1. The van der Waals surface area contributed by atoms with Gasteiger partial charge in [0.15, 0.2) is 0 Å². The molecule has 4 atom stereocenters. The lowest BCUT2D eigenvalue weighted by Gasteiger charge is -2.35. The van der Waals surface area contributed by atoms with E-state index >= 15 is 0 Å². The summed E-state index contributed by atoms with van der Waals surface area (Å²) >= 11 is 0.199. The van der Waals surface area contributed by atoms with Crippen molar-refractivity contribution in [3.8, 4) is 5.40 Å². The van der Waals surface area contributed by atoms with Gasteiger partial charge in [-0.25, -0.2) is 17.2 Å². The van der Waals surface area contributed by atoms with Crippen LogP contribution in [0.15, 0.2) is 0 Å². The summed E-state index contributed by atoms with van der Waals surface area (Å²) in [6.07, 6.45) is -64.8. The maximum absolute atomic E-state index is 13.6. The predicted octanol–water partition coefficient (Wildman–Crippen LogP) is 13.9. The Morgan fingerprint density at radius 2 is 0.719 bits per heavy atom. The molecule has 0 aromatic heterocycles. The molecule has 0 N–H and O–H groups in total. The first-order valence-electron chi connectivity index (χ1n) is 13.7. The monoisotopic (exact) mass is 1000 g/mol. The van der Waals surface area contributed by atoms with Gasteiger partial charge >= 0.3 is 49.4 Å². The minimum atomic E-state index is -6.90. The van der Waals surface area contributed by atoms with Crippen LogP contribution in [-0.4, -0.2) is 80.7 Å². The Kier molecular flexibility index (Phi) is 22.2. The largest absolute Gasteiger partial charge is 0.431 e. The first-order chi connectivity index (χ1) is 24.7. The molecule has 0 radical (unpaired) electrons. The minimum absolute atomic E-state index is 0.199. The summed E-state index contributed by atoms with van der Waals surface area (Å²) < 4.78 is 352. The van der Waals surface area contributed by atoms with Crippen LogP contribution >= 0.6 is 44.2 Å². The van der Waals surface area contributed by atoms with Crippen LogP contribution in [-0.2, 0) is 9.05 Å². The quantitative estimate of drug-likeness (QED) is 0.0753. The number of rotatable bonds is 14. The van der Waals surface area contributed by atoms with E-state index in [-0.39, 0.29) is 11.8 Å². The summed E-state index contributed by atoms with van der Waals surface area (Å²) in [5, 5.41) is 9.48. The van der Waals surface area contributed by atoms with Gasteiger partial charge in [0.05, 0.1) is 29.4 Å². The van der Waals surface area contributed by atoms with E-state index in [0.717, 1.165) is 0 Å². The Bertz CT molecular complexity index is 1320. The summed E-state index contributed by atoms with van der Waals surface area (Å²) in [6.45, 7) is 0. The third kappa shape index (κ3) is 19.8. The highest BCUT2D eigenvalue weighted by Crippen LogP contribution is 2.55. The van der Waals surface area contributed by atoms with Crippen molar-refractivity contribution < 1.29 is 123 Å². The van der Waals surface area contributed by atoms with E-state index in [0.29, 0.717) is 0 Å². The van der Waals surface area contributed by atoms with Crippen molar-refractivity contribution in [1.82, 2.24) is 0 Å². The molecule has 0 amide bonds. The van der Waals surface area contributed by atoms with Crippen molar-refractivity contribution in [2.45, 2.75) is 99.3 Å². The second kappa shape index (κ2) is 21.1. The number of nitriles is 1. The van der Waals surface area contributed by atoms with Gasteiger partial charge in [0.1, 0.15) is 5.40 Å². The first-order valence-corrected chi connectivity index (χ1v) is 18.3. The van der Waals surface area contributed by atoms with Crippen molar-refractivity contribution in [2.24, 2.45) is 23.7 Å². The molecule has 3 nitrogen and oxygen atoms in total. The number of halogens is 29. The van der Waals surface area contributed by atoms with Crippen molar-refractivity contribution in [3.63, 3.8) is 0 Å². The molecule has 0 heterocycles. The summed E-state index contributed by atoms with van der Waals surface area (Å²) in [5.74, 6) is -16.4. The van der Waals surface area contributed by atoms with Crippen LogP contribution in [0.5, 0.6) is 0 Å². The normalized spacial score (nSPS) is 16.6. The molecular weight excluding hydrogens is 987 g/mol. The van der Waals surface area contributed by atoms with Crippen LogP contribution in [0.1, 0.15) is 38.5 Å². The standard InChI is InChI=1S/C12H10F13NS.C11H10ClF13O2S.Cl2/c13-8(11(20,21)22,12(23,24)25)4-7(10(17,18)19)3-6(9(14,15)16)1-2-27-5-26;12-28(26,27)2-1-5(8(14,15)16)3-6(9(17,18)19)4-7(13,10(20,21)22)11(23,24)25;1-2/h6-7H,1-4H2;5-6H,1-4H2;. The zero-order valence-corrected chi connectivity index (χ0v) is 30.4. The molecule has 0 aliphatic rings. The Morgan fingerprint density at radius 3 is 0.912 bits per heavy atom. The molecule has 0 aromatic carbocycles. The zero-order chi connectivity index (χ0) is 46.9. The fourth-order valence-corrected chi connectivity index (χ4v) is 5.50. The van der Waals surface area contributed by atoms with Crippen LogP contribution in [0.3, 0.4) is 0 Å². The highest BCUT2D eigenvalue weighted by molar-refractivity contribution is 8.13. The molecule has 344 valence electrons. The van der Waals surface area contributed by atoms with Gasteiger partial charge in [-0.3, -0.25) is 0 Å². The summed E-state index contributed by atoms with van der Waals surface area (Å²) in [5.41, 5.74) is -12.8. The maximum Gasteiger partial charge on any atom is 0.431 e. The summed E-state index contributed by atoms with van der Waals surface area (Å²) in [6, 6.07) is 0. The second-order valence-electron chi connectivity index (χ2n) is 11.2. The van der Waals surface area contributed by atoms with E-state index < -0.39 is 144 Å². The van der Waals surface area contributed by atoms with E-state index in [1.165, 1.54) is 5.40 Å². The Labute approximate surface area is 320 Å². The molecule has 0 aliphatic carbocycles. The average Bonchev–Trinajstić information content (AvgIpc) is 2.93. The van der Waals surface area contributed by atoms with Gasteiger partial charge in [-0.15, -0.1) is 0 Å². The SMILES string of the molecule is ClCl.N#CSCCC(CC(CC(F)(C(F)(F)F)C(F)(F)F)C(F)(F)F)C(F)(F)F.O=S(=O)(Cl)CCC(CC(CC(F)(C(F)(F)F)C(F)(F)F)C(F)(F)F)C(F)(F)F. The summed E-state index contributed by atoms with van der Waals surface area (Å²) in [7, 11) is 8.15. The molecule has 34 heteroatoms. The van der Waals surface area contributed by atoms with E-state index in [1.54, 1.807) is 0 Å². The van der Waals surface area contributed by atoms with Gasteiger partial charge in [0.2, 0.25) is 9.05 Å². The topological polar surface area (TPSA) is 57.9 Å². The van der Waals surface area contributed by atoms with Crippen LogP contribution in [0.25, 0.3) is 0 Å². The minimum Gasteiger partial charge on any atom is -0.224 e. The smallest absolute Gasteiger partial charge is 0.224 e. The molecule has 0 aromatic rings. The molecule has 0 saturated heterocycles. The summed E-state index contributed by atoms with van der Waals surface area (Å²) in [4.78, 5) is 0. The van der Waals surface area contributed by atoms with Gasteiger partial charge in [0.25, 0.3) is 11.3 Å². The van der Waals surface area contributed by atoms with Gasteiger partial charge in [0, 0.05) is 51.0 Å². The molecule has 0 fully saturated rings. The number of thioether (sulfide) groups is 1. The Hall–Kier alpha value is -1.16. The van der Waals surface area contributed by atoms with E-state index in [1.807, 2.05) is 0 Å². The number of hydrogen-bond acceptors (Lipinski definition) is 4. The zero-order valence-electron chi connectivity index (χ0n) is 26.5. The first kappa shape index (κ1) is 60.1. The van der Waals surface area contributed by atoms with Crippen molar-refractivity contribution in [1.29, 1.82) is 5.26 Å². The van der Waals surface area contributed by atoms with Gasteiger partial charge in [-0.2, -0.15) is 111 Å². The van der Waals surface area contributed by atoms with Gasteiger partial charge < -0.3 is 0 Å². The van der Waals surface area contributed by atoms with Crippen LogP contribution in [0.2, 0.25) is 0 Å². The average molecular weight is 1010 g/mol.